The summed E-state index contributed by atoms with van der Waals surface area (Å²) in [7, 11) is 1.43. The molecule has 0 spiro atoms. The molecule has 0 amide bonds. The molecule has 0 atom stereocenters. The molecule has 1 aromatic heterocycles. The zero-order valence-corrected chi connectivity index (χ0v) is 11.1. The first kappa shape index (κ1) is 12.0. The largest absolute Gasteiger partial charge is 0.469 e. The smallest absolute Gasteiger partial charge is 0.312 e. The van der Waals surface area contributed by atoms with Gasteiger partial charge in [-0.3, -0.25) is 4.79 Å². The Bertz CT molecular complexity index is 633. The Hall–Kier alpha value is -2.10. The topological polar surface area (TPSA) is 42.4 Å². The van der Waals surface area contributed by atoms with Gasteiger partial charge in [0, 0.05) is 18.5 Å². The van der Waals surface area contributed by atoms with Gasteiger partial charge < -0.3 is 9.64 Å². The van der Waals surface area contributed by atoms with Crippen molar-refractivity contribution in [3.63, 3.8) is 0 Å². The second kappa shape index (κ2) is 4.53. The van der Waals surface area contributed by atoms with E-state index in [1.807, 2.05) is 12.1 Å². The van der Waals surface area contributed by atoms with E-state index in [-0.39, 0.29) is 11.9 Å². The standard InChI is InChI=1S/C15H16N2O2/c1-10-4-3-5-11-6-7-13(16-14(10)11)17-8-12(9-17)15(18)19-2/h3-7,12H,8-9H2,1-2H3. The van der Waals surface area contributed by atoms with Crippen molar-refractivity contribution in [3.05, 3.63) is 35.9 Å². The SMILES string of the molecule is COC(=O)C1CN(c2ccc3cccc(C)c3n2)C1. The number of methoxy groups -OCH3 is 1. The third-order valence-electron chi connectivity index (χ3n) is 3.65. The highest BCUT2D eigenvalue weighted by Gasteiger charge is 2.34. The van der Waals surface area contributed by atoms with Crippen LogP contribution in [0.1, 0.15) is 5.56 Å². The normalized spacial score (nSPS) is 15.4. The number of benzene rings is 1. The summed E-state index contributed by atoms with van der Waals surface area (Å²) in [4.78, 5) is 18.2. The van der Waals surface area contributed by atoms with Crippen LogP contribution in [0.2, 0.25) is 0 Å². The van der Waals surface area contributed by atoms with Crippen LogP contribution < -0.4 is 4.90 Å². The number of fused-ring (bicyclic) bond motifs is 1. The Labute approximate surface area is 112 Å². The van der Waals surface area contributed by atoms with Gasteiger partial charge in [0.05, 0.1) is 18.5 Å². The van der Waals surface area contributed by atoms with Gasteiger partial charge in [-0.2, -0.15) is 0 Å². The maximum atomic E-state index is 11.4. The number of rotatable bonds is 2. The van der Waals surface area contributed by atoms with Crippen LogP contribution in [0.25, 0.3) is 10.9 Å². The zero-order valence-electron chi connectivity index (χ0n) is 11.1. The van der Waals surface area contributed by atoms with Gasteiger partial charge in [-0.05, 0) is 24.6 Å². The summed E-state index contributed by atoms with van der Waals surface area (Å²) in [6.07, 6.45) is 0. The predicted octanol–water partition coefficient (Wildman–Crippen LogP) is 2.15. The molecule has 1 aromatic carbocycles. The zero-order chi connectivity index (χ0) is 13.4. The van der Waals surface area contributed by atoms with Crippen molar-refractivity contribution < 1.29 is 9.53 Å². The minimum atomic E-state index is -0.131. The fourth-order valence-corrected chi connectivity index (χ4v) is 2.44. The van der Waals surface area contributed by atoms with Gasteiger partial charge in [-0.15, -0.1) is 0 Å². The van der Waals surface area contributed by atoms with Crippen molar-refractivity contribution in [1.82, 2.24) is 4.98 Å². The third-order valence-corrected chi connectivity index (χ3v) is 3.65. The van der Waals surface area contributed by atoms with Crippen LogP contribution in [-0.4, -0.2) is 31.2 Å². The Kier molecular flexibility index (Phi) is 2.85. The van der Waals surface area contributed by atoms with Crippen molar-refractivity contribution in [2.75, 3.05) is 25.1 Å². The van der Waals surface area contributed by atoms with Crippen LogP contribution in [0.5, 0.6) is 0 Å². The van der Waals surface area contributed by atoms with Crippen LogP contribution in [0.15, 0.2) is 30.3 Å². The molecule has 1 fully saturated rings. The highest BCUT2D eigenvalue weighted by atomic mass is 16.5. The van der Waals surface area contributed by atoms with Gasteiger partial charge in [0.15, 0.2) is 0 Å². The molecule has 4 heteroatoms. The molecule has 2 heterocycles. The summed E-state index contributed by atoms with van der Waals surface area (Å²) >= 11 is 0. The molecule has 19 heavy (non-hydrogen) atoms. The third kappa shape index (κ3) is 2.03. The number of aryl methyl sites for hydroxylation is 1. The number of hydrogen-bond donors (Lipinski definition) is 0. The van der Waals surface area contributed by atoms with Crippen LogP contribution in [0.4, 0.5) is 5.82 Å². The van der Waals surface area contributed by atoms with Crippen LogP contribution in [0.3, 0.4) is 0 Å². The number of carbonyl (C=O) groups excluding carboxylic acids is 1. The molecule has 0 bridgehead atoms. The van der Waals surface area contributed by atoms with E-state index in [1.54, 1.807) is 0 Å². The number of esters is 1. The summed E-state index contributed by atoms with van der Waals surface area (Å²) < 4.78 is 4.74. The molecule has 4 nitrogen and oxygen atoms in total. The molecule has 0 N–H and O–H groups in total. The highest BCUT2D eigenvalue weighted by molar-refractivity contribution is 5.84. The number of para-hydroxylation sites is 1. The number of anilines is 1. The first-order chi connectivity index (χ1) is 9.19. The summed E-state index contributed by atoms with van der Waals surface area (Å²) in [5.41, 5.74) is 2.20. The molecule has 3 rings (SSSR count). The maximum Gasteiger partial charge on any atom is 0.312 e. The first-order valence-corrected chi connectivity index (χ1v) is 6.38. The second-order valence-corrected chi connectivity index (χ2v) is 4.94. The lowest BCUT2D eigenvalue weighted by Gasteiger charge is -2.38. The number of hydrogen-bond acceptors (Lipinski definition) is 4. The minimum Gasteiger partial charge on any atom is -0.469 e. The lowest BCUT2D eigenvalue weighted by atomic mass is 10.0. The van der Waals surface area contributed by atoms with Crippen LogP contribution in [-0.2, 0) is 9.53 Å². The number of ether oxygens (including phenoxy) is 1. The Morgan fingerprint density at radius 3 is 2.84 bits per heavy atom. The van der Waals surface area contributed by atoms with E-state index in [0.717, 1.165) is 16.7 Å². The fraction of sp³-hybridized carbons (Fsp3) is 0.333. The first-order valence-electron chi connectivity index (χ1n) is 6.38. The van der Waals surface area contributed by atoms with Crippen LogP contribution in [0, 0.1) is 12.8 Å². The molecular formula is C15H16N2O2. The summed E-state index contributed by atoms with van der Waals surface area (Å²) in [6.45, 7) is 3.45. The van der Waals surface area contributed by atoms with Crippen molar-refractivity contribution >= 4 is 22.7 Å². The highest BCUT2D eigenvalue weighted by Crippen LogP contribution is 2.26. The number of pyridine rings is 1. The van der Waals surface area contributed by atoms with Gasteiger partial charge in [0.1, 0.15) is 5.82 Å². The maximum absolute atomic E-state index is 11.4. The van der Waals surface area contributed by atoms with Gasteiger partial charge in [-0.25, -0.2) is 4.98 Å². The Morgan fingerprint density at radius 2 is 2.11 bits per heavy atom. The second-order valence-electron chi connectivity index (χ2n) is 4.94. The van der Waals surface area contributed by atoms with Crippen molar-refractivity contribution in [2.45, 2.75) is 6.92 Å². The quantitative estimate of drug-likeness (QED) is 0.772. The summed E-state index contributed by atoms with van der Waals surface area (Å²) in [5, 5.41) is 1.15. The molecule has 0 radical (unpaired) electrons. The van der Waals surface area contributed by atoms with E-state index >= 15 is 0 Å². The predicted molar refractivity (Wildman–Crippen MR) is 74.2 cm³/mol. The molecular weight excluding hydrogens is 240 g/mol. The summed E-state index contributed by atoms with van der Waals surface area (Å²) in [6, 6.07) is 10.3. The van der Waals surface area contributed by atoms with Crippen molar-refractivity contribution in [1.29, 1.82) is 0 Å². The van der Waals surface area contributed by atoms with E-state index in [0.29, 0.717) is 13.1 Å². The van der Waals surface area contributed by atoms with E-state index < -0.39 is 0 Å². The van der Waals surface area contributed by atoms with Crippen molar-refractivity contribution in [3.8, 4) is 0 Å². The average Bonchev–Trinajstić information content (AvgIpc) is 2.37. The van der Waals surface area contributed by atoms with Crippen molar-refractivity contribution in [2.24, 2.45) is 5.92 Å². The fourth-order valence-electron chi connectivity index (χ4n) is 2.44. The Morgan fingerprint density at radius 1 is 1.32 bits per heavy atom. The lowest BCUT2D eigenvalue weighted by molar-refractivity contribution is -0.146. The van der Waals surface area contributed by atoms with Gasteiger partial charge in [0.2, 0.25) is 0 Å². The van der Waals surface area contributed by atoms with E-state index in [9.17, 15) is 4.79 Å². The summed E-state index contributed by atoms with van der Waals surface area (Å²) in [5.74, 6) is 0.787. The molecule has 98 valence electrons. The number of aromatic nitrogens is 1. The Balaban J connectivity index is 1.84. The number of nitrogens with zero attached hydrogens (tertiary/aromatic N) is 2. The van der Waals surface area contributed by atoms with E-state index in [2.05, 4.69) is 30.0 Å². The monoisotopic (exact) mass is 256 g/mol. The molecule has 0 unspecified atom stereocenters. The molecule has 0 aliphatic carbocycles. The number of carbonyl (C=O) groups is 1. The van der Waals surface area contributed by atoms with E-state index in [1.165, 1.54) is 12.7 Å². The molecule has 2 aromatic rings. The minimum absolute atomic E-state index is 0.0145. The average molecular weight is 256 g/mol. The van der Waals surface area contributed by atoms with Gasteiger partial charge in [0.25, 0.3) is 0 Å². The molecule has 0 saturated carbocycles. The van der Waals surface area contributed by atoms with Crippen LogP contribution >= 0.6 is 0 Å². The molecule has 1 aliphatic heterocycles. The van der Waals surface area contributed by atoms with E-state index in [4.69, 9.17) is 9.72 Å². The molecule has 1 aliphatic rings. The molecule has 1 saturated heterocycles. The lowest BCUT2D eigenvalue weighted by Crippen LogP contribution is -2.51. The van der Waals surface area contributed by atoms with Gasteiger partial charge in [-0.1, -0.05) is 18.2 Å². The van der Waals surface area contributed by atoms with Gasteiger partial charge >= 0.3 is 5.97 Å².